The Morgan fingerprint density at radius 2 is 2.00 bits per heavy atom. The predicted octanol–water partition coefficient (Wildman–Crippen LogP) is 0.924. The Bertz CT molecular complexity index is 463. The third-order valence-corrected chi connectivity index (χ3v) is 2.04. The standard InChI is InChI=1S/C10H10N4O/c1-2-14-6-9(5-13-14)10(15)8-3-11-7-12-4-8/h3-7H,2H2,1H3. The van der Waals surface area contributed by atoms with E-state index < -0.39 is 0 Å². The molecule has 0 amide bonds. The van der Waals surface area contributed by atoms with Crippen LogP contribution in [0.1, 0.15) is 22.8 Å². The van der Waals surface area contributed by atoms with Crippen molar-refractivity contribution in [3.8, 4) is 0 Å². The monoisotopic (exact) mass is 202 g/mol. The minimum Gasteiger partial charge on any atom is -0.288 e. The van der Waals surface area contributed by atoms with E-state index in [0.717, 1.165) is 6.54 Å². The van der Waals surface area contributed by atoms with Gasteiger partial charge in [-0.2, -0.15) is 5.10 Å². The lowest BCUT2D eigenvalue weighted by molar-refractivity contribution is 0.103. The molecule has 0 bridgehead atoms. The molecule has 0 aliphatic heterocycles. The van der Waals surface area contributed by atoms with Crippen molar-refractivity contribution in [1.29, 1.82) is 0 Å². The molecule has 0 aromatic carbocycles. The average molecular weight is 202 g/mol. The predicted molar refractivity (Wildman–Crippen MR) is 53.4 cm³/mol. The molecule has 0 saturated carbocycles. The van der Waals surface area contributed by atoms with Gasteiger partial charge in [0.1, 0.15) is 6.33 Å². The van der Waals surface area contributed by atoms with Crippen LogP contribution in [0.5, 0.6) is 0 Å². The van der Waals surface area contributed by atoms with Gasteiger partial charge in [-0.15, -0.1) is 0 Å². The van der Waals surface area contributed by atoms with E-state index >= 15 is 0 Å². The molecule has 0 spiro atoms. The Balaban J connectivity index is 2.29. The molecule has 0 N–H and O–H groups in total. The van der Waals surface area contributed by atoms with Crippen LogP contribution in [0.25, 0.3) is 0 Å². The minimum atomic E-state index is -0.102. The van der Waals surface area contributed by atoms with Crippen molar-refractivity contribution in [3.63, 3.8) is 0 Å². The number of rotatable bonds is 3. The highest BCUT2D eigenvalue weighted by atomic mass is 16.1. The second-order valence-corrected chi connectivity index (χ2v) is 3.04. The van der Waals surface area contributed by atoms with E-state index in [1.54, 1.807) is 17.1 Å². The first-order chi connectivity index (χ1) is 7.31. The molecule has 15 heavy (non-hydrogen) atoms. The number of nitrogens with zero attached hydrogens (tertiary/aromatic N) is 4. The second-order valence-electron chi connectivity index (χ2n) is 3.04. The Morgan fingerprint density at radius 3 is 2.60 bits per heavy atom. The van der Waals surface area contributed by atoms with Gasteiger partial charge in [-0.1, -0.05) is 0 Å². The maximum atomic E-state index is 11.8. The van der Waals surface area contributed by atoms with Crippen molar-refractivity contribution in [2.75, 3.05) is 0 Å². The molecule has 0 aliphatic carbocycles. The summed E-state index contributed by atoms with van der Waals surface area (Å²) in [4.78, 5) is 19.4. The highest BCUT2D eigenvalue weighted by Crippen LogP contribution is 2.06. The van der Waals surface area contributed by atoms with Gasteiger partial charge in [-0.3, -0.25) is 9.48 Å². The molecule has 5 heteroatoms. The summed E-state index contributed by atoms with van der Waals surface area (Å²) in [5.74, 6) is -0.102. The fourth-order valence-electron chi connectivity index (χ4n) is 1.24. The minimum absolute atomic E-state index is 0.102. The van der Waals surface area contributed by atoms with Crippen LogP contribution in [0.2, 0.25) is 0 Å². The summed E-state index contributed by atoms with van der Waals surface area (Å²) in [6.45, 7) is 2.71. The zero-order chi connectivity index (χ0) is 10.7. The van der Waals surface area contributed by atoms with Gasteiger partial charge in [0.15, 0.2) is 5.78 Å². The summed E-state index contributed by atoms with van der Waals surface area (Å²) in [5, 5.41) is 4.04. The van der Waals surface area contributed by atoms with Crippen molar-refractivity contribution >= 4 is 5.78 Å². The molecular weight excluding hydrogens is 192 g/mol. The number of aromatic nitrogens is 4. The van der Waals surface area contributed by atoms with Crippen molar-refractivity contribution in [1.82, 2.24) is 19.7 Å². The summed E-state index contributed by atoms with van der Waals surface area (Å²) in [5.41, 5.74) is 1.04. The first-order valence-electron chi connectivity index (χ1n) is 4.63. The first kappa shape index (κ1) is 9.51. The Hall–Kier alpha value is -2.04. The summed E-state index contributed by atoms with van der Waals surface area (Å²) < 4.78 is 1.71. The fraction of sp³-hybridized carbons (Fsp3) is 0.200. The van der Waals surface area contributed by atoms with Gasteiger partial charge in [-0.05, 0) is 6.92 Å². The lowest BCUT2D eigenvalue weighted by atomic mass is 10.1. The van der Waals surface area contributed by atoms with Gasteiger partial charge >= 0.3 is 0 Å². The normalized spacial score (nSPS) is 10.2. The molecule has 0 radical (unpaired) electrons. The summed E-state index contributed by atoms with van der Waals surface area (Å²) in [6, 6.07) is 0. The summed E-state index contributed by atoms with van der Waals surface area (Å²) in [6.07, 6.45) is 7.66. The Kier molecular flexibility index (Phi) is 2.53. The molecule has 76 valence electrons. The van der Waals surface area contributed by atoms with E-state index in [2.05, 4.69) is 15.1 Å². The maximum absolute atomic E-state index is 11.8. The van der Waals surface area contributed by atoms with Crippen LogP contribution in [-0.4, -0.2) is 25.5 Å². The molecule has 2 heterocycles. The first-order valence-corrected chi connectivity index (χ1v) is 4.63. The smallest absolute Gasteiger partial charge is 0.199 e. The molecule has 2 aromatic rings. The zero-order valence-corrected chi connectivity index (χ0v) is 8.29. The number of aryl methyl sites for hydroxylation is 1. The van der Waals surface area contributed by atoms with Gasteiger partial charge in [0.05, 0.1) is 17.3 Å². The van der Waals surface area contributed by atoms with E-state index in [0.29, 0.717) is 11.1 Å². The second kappa shape index (κ2) is 4.00. The van der Waals surface area contributed by atoms with Crippen LogP contribution in [0.15, 0.2) is 31.1 Å². The van der Waals surface area contributed by atoms with Crippen molar-refractivity contribution in [2.45, 2.75) is 13.5 Å². The van der Waals surface area contributed by atoms with Crippen molar-refractivity contribution < 1.29 is 4.79 Å². The van der Waals surface area contributed by atoms with Gasteiger partial charge in [0, 0.05) is 25.1 Å². The van der Waals surface area contributed by atoms with E-state index in [-0.39, 0.29) is 5.78 Å². The van der Waals surface area contributed by atoms with Crippen LogP contribution >= 0.6 is 0 Å². The number of ketones is 1. The number of hydrogen-bond acceptors (Lipinski definition) is 4. The largest absolute Gasteiger partial charge is 0.288 e. The molecule has 2 aromatic heterocycles. The van der Waals surface area contributed by atoms with Gasteiger partial charge in [0.2, 0.25) is 0 Å². The third kappa shape index (κ3) is 1.90. The van der Waals surface area contributed by atoms with Crippen LogP contribution < -0.4 is 0 Å². The van der Waals surface area contributed by atoms with Crippen LogP contribution in [0, 0.1) is 0 Å². The summed E-state index contributed by atoms with van der Waals surface area (Å²) >= 11 is 0. The van der Waals surface area contributed by atoms with E-state index in [9.17, 15) is 4.79 Å². The van der Waals surface area contributed by atoms with Crippen LogP contribution in [0.4, 0.5) is 0 Å². The quantitative estimate of drug-likeness (QED) is 0.694. The van der Waals surface area contributed by atoms with Crippen LogP contribution in [0.3, 0.4) is 0 Å². The summed E-state index contributed by atoms with van der Waals surface area (Å²) in [7, 11) is 0. The molecule has 0 aliphatic rings. The fourth-order valence-corrected chi connectivity index (χ4v) is 1.24. The highest BCUT2D eigenvalue weighted by molar-refractivity contribution is 6.08. The zero-order valence-electron chi connectivity index (χ0n) is 8.29. The molecule has 0 atom stereocenters. The van der Waals surface area contributed by atoms with E-state index in [1.165, 1.54) is 18.7 Å². The SMILES string of the molecule is CCn1cc(C(=O)c2cncnc2)cn1. The van der Waals surface area contributed by atoms with Gasteiger partial charge in [-0.25, -0.2) is 9.97 Å². The molecule has 0 fully saturated rings. The van der Waals surface area contributed by atoms with Gasteiger partial charge < -0.3 is 0 Å². The molecule has 0 saturated heterocycles. The number of hydrogen-bond donors (Lipinski definition) is 0. The molecular formula is C10H10N4O. The molecule has 0 unspecified atom stereocenters. The van der Waals surface area contributed by atoms with Crippen LogP contribution in [-0.2, 0) is 6.54 Å². The Labute approximate surface area is 86.8 Å². The van der Waals surface area contributed by atoms with E-state index in [1.807, 2.05) is 6.92 Å². The lowest BCUT2D eigenvalue weighted by Crippen LogP contribution is -2.01. The number of carbonyl (C=O) groups excluding carboxylic acids is 1. The Morgan fingerprint density at radius 1 is 1.27 bits per heavy atom. The maximum Gasteiger partial charge on any atom is 0.199 e. The molecule has 2 rings (SSSR count). The topological polar surface area (TPSA) is 60.7 Å². The van der Waals surface area contributed by atoms with Crippen molar-refractivity contribution in [2.24, 2.45) is 0 Å². The van der Waals surface area contributed by atoms with E-state index in [4.69, 9.17) is 0 Å². The van der Waals surface area contributed by atoms with Crippen molar-refractivity contribution in [3.05, 3.63) is 42.2 Å². The molecule has 5 nitrogen and oxygen atoms in total. The number of carbonyl (C=O) groups is 1. The highest BCUT2D eigenvalue weighted by Gasteiger charge is 2.11. The lowest BCUT2D eigenvalue weighted by Gasteiger charge is -1.95. The third-order valence-electron chi connectivity index (χ3n) is 2.04. The average Bonchev–Trinajstić information content (AvgIpc) is 2.78. The van der Waals surface area contributed by atoms with Gasteiger partial charge in [0.25, 0.3) is 0 Å².